The zero-order valence-electron chi connectivity index (χ0n) is 11.4. The third-order valence-corrected chi connectivity index (χ3v) is 2.46. The summed E-state index contributed by atoms with van der Waals surface area (Å²) in [6.07, 6.45) is 0.767. The third-order valence-electron chi connectivity index (χ3n) is 2.46. The Labute approximate surface area is 103 Å². The number of hydrogen-bond donors (Lipinski definition) is 2. The van der Waals surface area contributed by atoms with Crippen molar-refractivity contribution in [3.05, 3.63) is 17.6 Å². The summed E-state index contributed by atoms with van der Waals surface area (Å²) in [4.78, 5) is 8.50. The molecule has 0 aliphatic carbocycles. The molecule has 4 heteroatoms. The van der Waals surface area contributed by atoms with Gasteiger partial charge in [-0.25, -0.2) is 9.97 Å². The van der Waals surface area contributed by atoms with E-state index >= 15 is 0 Å². The second-order valence-electron chi connectivity index (χ2n) is 5.39. The molecular formula is C13H23N3O. The topological polar surface area (TPSA) is 58.0 Å². The molecule has 1 unspecified atom stereocenters. The highest BCUT2D eigenvalue weighted by molar-refractivity contribution is 5.36. The van der Waals surface area contributed by atoms with Crippen LogP contribution in [0.2, 0.25) is 0 Å². The van der Waals surface area contributed by atoms with Crippen LogP contribution < -0.4 is 5.32 Å². The van der Waals surface area contributed by atoms with Gasteiger partial charge in [-0.15, -0.1) is 0 Å². The summed E-state index contributed by atoms with van der Waals surface area (Å²) in [6.45, 7) is 10.4. The van der Waals surface area contributed by atoms with Crippen LogP contribution in [0.15, 0.2) is 6.07 Å². The highest BCUT2D eigenvalue weighted by Gasteiger charge is 2.21. The number of hydrogen-bond acceptors (Lipinski definition) is 4. The van der Waals surface area contributed by atoms with E-state index in [4.69, 9.17) is 0 Å². The van der Waals surface area contributed by atoms with Crippen molar-refractivity contribution in [2.75, 3.05) is 11.9 Å². The number of anilines is 1. The first-order chi connectivity index (χ1) is 7.78. The van der Waals surface area contributed by atoms with Gasteiger partial charge in [0, 0.05) is 18.3 Å². The maximum Gasteiger partial charge on any atom is 0.130 e. The van der Waals surface area contributed by atoms with Gasteiger partial charge in [-0.05, 0) is 33.1 Å². The van der Waals surface area contributed by atoms with Gasteiger partial charge in [0.15, 0.2) is 0 Å². The standard InChI is InChI=1S/C13H23N3O/c1-9(2)7-13(5,17)8-14-12-6-10(3)15-11(4)16-12/h6,9,17H,7-8H2,1-5H3,(H,14,15,16). The summed E-state index contributed by atoms with van der Waals surface area (Å²) >= 11 is 0. The van der Waals surface area contributed by atoms with E-state index in [1.807, 2.05) is 26.8 Å². The monoisotopic (exact) mass is 237 g/mol. The minimum atomic E-state index is -0.707. The lowest BCUT2D eigenvalue weighted by atomic mass is 9.94. The van der Waals surface area contributed by atoms with Crippen molar-refractivity contribution in [1.82, 2.24) is 9.97 Å². The Kier molecular flexibility index (Phi) is 4.46. The summed E-state index contributed by atoms with van der Waals surface area (Å²) in [7, 11) is 0. The average molecular weight is 237 g/mol. The van der Waals surface area contributed by atoms with Crippen molar-refractivity contribution >= 4 is 5.82 Å². The van der Waals surface area contributed by atoms with E-state index in [0.29, 0.717) is 12.5 Å². The largest absolute Gasteiger partial charge is 0.388 e. The molecule has 0 aliphatic rings. The summed E-state index contributed by atoms with van der Waals surface area (Å²) in [5, 5.41) is 13.3. The van der Waals surface area contributed by atoms with Crippen LogP contribution in [0.4, 0.5) is 5.82 Å². The first-order valence-electron chi connectivity index (χ1n) is 6.07. The fourth-order valence-electron chi connectivity index (χ4n) is 2.04. The summed E-state index contributed by atoms with van der Waals surface area (Å²) in [5.41, 5.74) is 0.226. The lowest BCUT2D eigenvalue weighted by molar-refractivity contribution is 0.0514. The zero-order chi connectivity index (χ0) is 13.1. The molecule has 0 saturated carbocycles. The van der Waals surface area contributed by atoms with Gasteiger partial charge in [-0.2, -0.15) is 0 Å². The van der Waals surface area contributed by atoms with E-state index in [-0.39, 0.29) is 0 Å². The van der Waals surface area contributed by atoms with Gasteiger partial charge < -0.3 is 10.4 Å². The molecule has 0 spiro atoms. The molecule has 2 N–H and O–H groups in total. The SMILES string of the molecule is Cc1cc(NCC(C)(O)CC(C)C)nc(C)n1. The normalized spacial score (nSPS) is 14.8. The van der Waals surface area contributed by atoms with Crippen molar-refractivity contribution < 1.29 is 5.11 Å². The molecular weight excluding hydrogens is 214 g/mol. The number of nitrogens with zero attached hydrogens (tertiary/aromatic N) is 2. The van der Waals surface area contributed by atoms with E-state index in [2.05, 4.69) is 29.1 Å². The molecule has 0 aromatic carbocycles. The Morgan fingerprint density at radius 2 is 2.00 bits per heavy atom. The maximum absolute atomic E-state index is 10.2. The number of nitrogens with one attached hydrogen (secondary N) is 1. The molecule has 1 rings (SSSR count). The van der Waals surface area contributed by atoms with Crippen molar-refractivity contribution in [2.45, 2.75) is 46.6 Å². The molecule has 0 radical (unpaired) electrons. The second-order valence-corrected chi connectivity index (χ2v) is 5.39. The van der Waals surface area contributed by atoms with Crippen molar-refractivity contribution in [1.29, 1.82) is 0 Å². The van der Waals surface area contributed by atoms with E-state index in [9.17, 15) is 5.11 Å². The fraction of sp³-hybridized carbons (Fsp3) is 0.692. The van der Waals surface area contributed by atoms with Crippen molar-refractivity contribution in [3.63, 3.8) is 0 Å². The average Bonchev–Trinajstić information content (AvgIpc) is 2.11. The lowest BCUT2D eigenvalue weighted by Gasteiger charge is -2.25. The molecule has 0 saturated heterocycles. The summed E-state index contributed by atoms with van der Waals surface area (Å²) < 4.78 is 0. The Hall–Kier alpha value is -1.16. The van der Waals surface area contributed by atoms with Crippen LogP contribution in [-0.2, 0) is 0 Å². The van der Waals surface area contributed by atoms with E-state index in [1.165, 1.54) is 0 Å². The molecule has 0 bridgehead atoms. The molecule has 0 amide bonds. The quantitative estimate of drug-likeness (QED) is 0.825. The zero-order valence-corrected chi connectivity index (χ0v) is 11.4. The predicted octanol–water partition coefficient (Wildman–Crippen LogP) is 2.30. The number of aromatic nitrogens is 2. The third kappa shape index (κ3) is 5.13. The van der Waals surface area contributed by atoms with Gasteiger partial charge in [-0.3, -0.25) is 0 Å². The highest BCUT2D eigenvalue weighted by atomic mass is 16.3. The molecule has 1 atom stereocenters. The van der Waals surface area contributed by atoms with Gasteiger partial charge in [0.05, 0.1) is 5.60 Å². The molecule has 17 heavy (non-hydrogen) atoms. The number of aliphatic hydroxyl groups is 1. The molecule has 4 nitrogen and oxygen atoms in total. The van der Waals surface area contributed by atoms with Gasteiger partial charge in [-0.1, -0.05) is 13.8 Å². The van der Waals surface area contributed by atoms with Crippen LogP contribution in [0.3, 0.4) is 0 Å². The summed E-state index contributed by atoms with van der Waals surface area (Å²) in [5.74, 6) is 2.00. The Morgan fingerprint density at radius 3 is 2.53 bits per heavy atom. The van der Waals surface area contributed by atoms with Gasteiger partial charge in [0.2, 0.25) is 0 Å². The van der Waals surface area contributed by atoms with Crippen molar-refractivity contribution in [3.8, 4) is 0 Å². The van der Waals surface area contributed by atoms with Crippen LogP contribution in [0, 0.1) is 19.8 Å². The Bertz CT molecular complexity index is 355. The number of aryl methyl sites for hydroxylation is 2. The minimum absolute atomic E-state index is 0.473. The molecule has 0 aliphatic heterocycles. The molecule has 0 fully saturated rings. The van der Waals surface area contributed by atoms with Crippen LogP contribution in [0.25, 0.3) is 0 Å². The van der Waals surface area contributed by atoms with E-state index in [0.717, 1.165) is 23.8 Å². The van der Waals surface area contributed by atoms with E-state index < -0.39 is 5.60 Å². The molecule has 1 aromatic rings. The molecule has 1 aromatic heterocycles. The second kappa shape index (κ2) is 5.45. The smallest absolute Gasteiger partial charge is 0.130 e. The Balaban J connectivity index is 2.60. The molecule has 1 heterocycles. The molecule has 96 valence electrons. The van der Waals surface area contributed by atoms with Crippen LogP contribution in [0.5, 0.6) is 0 Å². The first-order valence-corrected chi connectivity index (χ1v) is 6.07. The summed E-state index contributed by atoms with van der Waals surface area (Å²) in [6, 6.07) is 1.89. The maximum atomic E-state index is 10.2. The fourth-order valence-corrected chi connectivity index (χ4v) is 2.04. The first kappa shape index (κ1) is 13.9. The van der Waals surface area contributed by atoms with Gasteiger partial charge >= 0.3 is 0 Å². The highest BCUT2D eigenvalue weighted by Crippen LogP contribution is 2.17. The van der Waals surface area contributed by atoms with Crippen LogP contribution in [0.1, 0.15) is 38.7 Å². The van der Waals surface area contributed by atoms with Crippen molar-refractivity contribution in [2.24, 2.45) is 5.92 Å². The minimum Gasteiger partial charge on any atom is -0.388 e. The van der Waals surface area contributed by atoms with Crippen LogP contribution >= 0.6 is 0 Å². The van der Waals surface area contributed by atoms with Gasteiger partial charge in [0.1, 0.15) is 11.6 Å². The Morgan fingerprint density at radius 1 is 1.35 bits per heavy atom. The predicted molar refractivity (Wildman–Crippen MR) is 70.1 cm³/mol. The van der Waals surface area contributed by atoms with E-state index in [1.54, 1.807) is 0 Å². The van der Waals surface area contributed by atoms with Crippen LogP contribution in [-0.4, -0.2) is 27.2 Å². The van der Waals surface area contributed by atoms with Gasteiger partial charge in [0.25, 0.3) is 0 Å². The number of rotatable bonds is 5. The lowest BCUT2D eigenvalue weighted by Crippen LogP contribution is -2.35.